The summed E-state index contributed by atoms with van der Waals surface area (Å²) in [6, 6.07) is 18.6. The van der Waals surface area contributed by atoms with E-state index < -0.39 is 0 Å². The summed E-state index contributed by atoms with van der Waals surface area (Å²) >= 11 is 0. The second kappa shape index (κ2) is 6.63. The van der Waals surface area contributed by atoms with Gasteiger partial charge >= 0.3 is 0 Å². The number of fused-ring (bicyclic) bond motifs is 3. The van der Waals surface area contributed by atoms with Gasteiger partial charge in [-0.2, -0.15) is 4.80 Å². The standard InChI is InChI=1S/C22H18N4O3/c1-29-19-10-7-13(11-18(19)27)15-12-20(28)23-16-8-9-17-22(21(15)16)25-26(24-17)14-5-3-2-4-6-14/h2-11,15,27H,12H2,1H3,(H,23,28)/t15-/m0/s1. The number of aromatic hydroxyl groups is 1. The molecule has 144 valence electrons. The van der Waals surface area contributed by atoms with Crippen molar-refractivity contribution in [2.45, 2.75) is 12.3 Å². The molecule has 0 saturated carbocycles. The summed E-state index contributed by atoms with van der Waals surface area (Å²) in [6.45, 7) is 0. The fourth-order valence-corrected chi connectivity index (χ4v) is 3.84. The van der Waals surface area contributed by atoms with Gasteiger partial charge in [0.05, 0.1) is 12.8 Å². The van der Waals surface area contributed by atoms with Crippen molar-refractivity contribution in [1.29, 1.82) is 0 Å². The molecule has 7 nitrogen and oxygen atoms in total. The van der Waals surface area contributed by atoms with Gasteiger partial charge in [-0.05, 0) is 42.0 Å². The molecule has 1 atom stereocenters. The highest BCUT2D eigenvalue weighted by atomic mass is 16.5. The third kappa shape index (κ3) is 2.87. The van der Waals surface area contributed by atoms with Crippen LogP contribution in [-0.4, -0.2) is 33.1 Å². The molecule has 29 heavy (non-hydrogen) atoms. The number of para-hydroxylation sites is 1. The van der Waals surface area contributed by atoms with Crippen LogP contribution in [0.15, 0.2) is 60.7 Å². The highest BCUT2D eigenvalue weighted by Gasteiger charge is 2.30. The van der Waals surface area contributed by atoms with E-state index in [2.05, 4.69) is 10.4 Å². The summed E-state index contributed by atoms with van der Waals surface area (Å²) in [6.07, 6.45) is 0.260. The Bertz CT molecular complexity index is 1230. The quantitative estimate of drug-likeness (QED) is 0.561. The first kappa shape index (κ1) is 17.2. The summed E-state index contributed by atoms with van der Waals surface area (Å²) < 4.78 is 5.15. The molecule has 0 spiro atoms. The van der Waals surface area contributed by atoms with E-state index in [-0.39, 0.29) is 24.0 Å². The number of anilines is 1. The van der Waals surface area contributed by atoms with Crippen molar-refractivity contribution in [2.75, 3.05) is 12.4 Å². The summed E-state index contributed by atoms with van der Waals surface area (Å²) in [7, 11) is 1.50. The van der Waals surface area contributed by atoms with Crippen LogP contribution in [0.3, 0.4) is 0 Å². The monoisotopic (exact) mass is 386 g/mol. The zero-order chi connectivity index (χ0) is 20.0. The first-order valence-electron chi connectivity index (χ1n) is 9.26. The molecular formula is C22H18N4O3. The third-order valence-electron chi connectivity index (χ3n) is 5.20. The number of benzene rings is 3. The average molecular weight is 386 g/mol. The number of nitrogens with one attached hydrogen (secondary N) is 1. The van der Waals surface area contributed by atoms with Crippen LogP contribution in [0.4, 0.5) is 5.69 Å². The smallest absolute Gasteiger partial charge is 0.225 e. The maximum absolute atomic E-state index is 12.3. The summed E-state index contributed by atoms with van der Waals surface area (Å²) in [4.78, 5) is 13.9. The molecule has 1 aromatic heterocycles. The molecule has 1 aliphatic heterocycles. The molecule has 2 N–H and O–H groups in total. The molecule has 1 aliphatic rings. The Morgan fingerprint density at radius 2 is 1.93 bits per heavy atom. The maximum Gasteiger partial charge on any atom is 0.225 e. The topological polar surface area (TPSA) is 89.3 Å². The Hall–Kier alpha value is -3.87. The molecule has 0 aliphatic carbocycles. The number of amides is 1. The van der Waals surface area contributed by atoms with Gasteiger partial charge < -0.3 is 15.2 Å². The number of hydrogen-bond acceptors (Lipinski definition) is 5. The molecular weight excluding hydrogens is 368 g/mol. The van der Waals surface area contributed by atoms with Crippen LogP contribution >= 0.6 is 0 Å². The van der Waals surface area contributed by atoms with E-state index in [1.807, 2.05) is 48.5 Å². The van der Waals surface area contributed by atoms with E-state index in [9.17, 15) is 9.90 Å². The van der Waals surface area contributed by atoms with Crippen LogP contribution in [0.2, 0.25) is 0 Å². The molecule has 7 heteroatoms. The van der Waals surface area contributed by atoms with E-state index in [1.165, 1.54) is 7.11 Å². The fourth-order valence-electron chi connectivity index (χ4n) is 3.84. The number of carbonyl (C=O) groups excluding carboxylic acids is 1. The number of hydrogen-bond donors (Lipinski definition) is 2. The van der Waals surface area contributed by atoms with Gasteiger partial charge in [0, 0.05) is 23.6 Å². The van der Waals surface area contributed by atoms with Gasteiger partial charge in [0.1, 0.15) is 11.0 Å². The van der Waals surface area contributed by atoms with E-state index in [0.717, 1.165) is 27.8 Å². The van der Waals surface area contributed by atoms with Crippen molar-refractivity contribution in [3.8, 4) is 17.2 Å². The Morgan fingerprint density at radius 3 is 2.69 bits per heavy atom. The van der Waals surface area contributed by atoms with Gasteiger partial charge in [-0.25, -0.2) is 0 Å². The number of phenols is 1. The molecule has 4 aromatic rings. The van der Waals surface area contributed by atoms with Crippen molar-refractivity contribution in [3.63, 3.8) is 0 Å². The fraction of sp³-hybridized carbons (Fsp3) is 0.136. The normalized spacial score (nSPS) is 15.8. The highest BCUT2D eigenvalue weighted by molar-refractivity contribution is 5.99. The van der Waals surface area contributed by atoms with Crippen LogP contribution in [0.25, 0.3) is 16.7 Å². The van der Waals surface area contributed by atoms with Gasteiger partial charge in [-0.3, -0.25) is 4.79 Å². The number of rotatable bonds is 3. The number of ether oxygens (including phenoxy) is 1. The second-order valence-electron chi connectivity index (χ2n) is 6.96. The molecule has 0 saturated heterocycles. The third-order valence-corrected chi connectivity index (χ3v) is 5.20. The maximum atomic E-state index is 12.3. The molecule has 0 fully saturated rings. The Balaban J connectivity index is 1.69. The zero-order valence-electron chi connectivity index (χ0n) is 15.7. The van der Waals surface area contributed by atoms with Gasteiger partial charge in [-0.15, -0.1) is 10.2 Å². The minimum absolute atomic E-state index is 0.0395. The number of phenolic OH excluding ortho intramolecular Hbond substituents is 1. The first-order chi connectivity index (χ1) is 14.1. The summed E-state index contributed by atoms with van der Waals surface area (Å²) in [5.41, 5.74) is 4.76. The highest BCUT2D eigenvalue weighted by Crippen LogP contribution is 2.42. The Kier molecular flexibility index (Phi) is 3.94. The van der Waals surface area contributed by atoms with Gasteiger partial charge in [0.15, 0.2) is 11.5 Å². The first-order valence-corrected chi connectivity index (χ1v) is 9.26. The van der Waals surface area contributed by atoms with Crippen LogP contribution in [0.1, 0.15) is 23.5 Å². The lowest BCUT2D eigenvalue weighted by atomic mass is 9.84. The molecule has 0 radical (unpaired) electrons. The minimum Gasteiger partial charge on any atom is -0.504 e. The van der Waals surface area contributed by atoms with Crippen LogP contribution in [0, 0.1) is 0 Å². The van der Waals surface area contributed by atoms with E-state index >= 15 is 0 Å². The van der Waals surface area contributed by atoms with Crippen molar-refractivity contribution >= 4 is 22.6 Å². The zero-order valence-corrected chi connectivity index (χ0v) is 15.7. The van der Waals surface area contributed by atoms with Gasteiger partial charge in [0.25, 0.3) is 0 Å². The number of carbonyl (C=O) groups is 1. The lowest BCUT2D eigenvalue weighted by molar-refractivity contribution is -0.116. The average Bonchev–Trinajstić information content (AvgIpc) is 3.18. The predicted octanol–water partition coefficient (Wildman–Crippen LogP) is 3.61. The van der Waals surface area contributed by atoms with Crippen molar-refractivity contribution in [3.05, 3.63) is 71.8 Å². The van der Waals surface area contributed by atoms with Crippen LogP contribution < -0.4 is 10.1 Å². The van der Waals surface area contributed by atoms with Crippen molar-refractivity contribution in [1.82, 2.24) is 15.0 Å². The Labute approximate surface area is 166 Å². The number of nitrogens with zero attached hydrogens (tertiary/aromatic N) is 3. The van der Waals surface area contributed by atoms with Gasteiger partial charge in [0.2, 0.25) is 5.91 Å². The van der Waals surface area contributed by atoms with Crippen molar-refractivity contribution in [2.24, 2.45) is 0 Å². The summed E-state index contributed by atoms with van der Waals surface area (Å²) in [5, 5.41) is 22.5. The number of aromatic nitrogens is 3. The molecule has 1 amide bonds. The lowest BCUT2D eigenvalue weighted by Crippen LogP contribution is -2.23. The van der Waals surface area contributed by atoms with E-state index in [0.29, 0.717) is 11.4 Å². The SMILES string of the molecule is COc1ccc([C@@H]2CC(=O)Nc3ccc4nn(-c5ccccc5)nc4c32)cc1O. The largest absolute Gasteiger partial charge is 0.504 e. The van der Waals surface area contributed by atoms with Crippen molar-refractivity contribution < 1.29 is 14.6 Å². The van der Waals surface area contributed by atoms with Crippen LogP contribution in [0.5, 0.6) is 11.5 Å². The predicted molar refractivity (Wildman–Crippen MR) is 109 cm³/mol. The molecule has 0 bridgehead atoms. The minimum atomic E-state index is -0.250. The van der Waals surface area contributed by atoms with Gasteiger partial charge in [-0.1, -0.05) is 24.3 Å². The molecule has 0 unspecified atom stereocenters. The summed E-state index contributed by atoms with van der Waals surface area (Å²) in [5.74, 6) is 0.105. The second-order valence-corrected chi connectivity index (χ2v) is 6.96. The molecule has 2 heterocycles. The number of methoxy groups -OCH3 is 1. The van der Waals surface area contributed by atoms with Crippen LogP contribution in [-0.2, 0) is 4.79 Å². The van der Waals surface area contributed by atoms with E-state index in [1.54, 1.807) is 16.9 Å². The Morgan fingerprint density at radius 1 is 1.10 bits per heavy atom. The van der Waals surface area contributed by atoms with E-state index in [4.69, 9.17) is 9.84 Å². The lowest BCUT2D eigenvalue weighted by Gasteiger charge is -2.26. The molecule has 5 rings (SSSR count). The molecule has 3 aromatic carbocycles.